The highest BCUT2D eigenvalue weighted by atomic mass is 35.5. The fraction of sp³-hybridized carbons (Fsp3) is 0.280. The van der Waals surface area contributed by atoms with Gasteiger partial charge in [-0.25, -0.2) is 0 Å². The van der Waals surface area contributed by atoms with Gasteiger partial charge in [0, 0.05) is 31.2 Å². The van der Waals surface area contributed by atoms with Gasteiger partial charge in [0.25, 0.3) is 5.91 Å². The molecule has 1 unspecified atom stereocenters. The first-order valence-corrected chi connectivity index (χ1v) is 11.0. The SMILES string of the molecule is O=C(/C=C/c1ccccc1)C1=C(O)C(=O)N(CCN2CCOCC2)C1c1cccc(Cl)c1. The van der Waals surface area contributed by atoms with Crippen LogP contribution in [-0.2, 0) is 14.3 Å². The van der Waals surface area contributed by atoms with E-state index in [2.05, 4.69) is 4.90 Å². The average molecular weight is 453 g/mol. The van der Waals surface area contributed by atoms with Gasteiger partial charge in [-0.3, -0.25) is 14.5 Å². The molecule has 6 nitrogen and oxygen atoms in total. The highest BCUT2D eigenvalue weighted by molar-refractivity contribution is 6.30. The Bertz CT molecular complexity index is 1040. The van der Waals surface area contributed by atoms with E-state index in [0.29, 0.717) is 36.9 Å². The van der Waals surface area contributed by atoms with Gasteiger partial charge in [-0.2, -0.15) is 0 Å². The van der Waals surface area contributed by atoms with Crippen LogP contribution in [-0.4, -0.2) is 66.0 Å². The van der Waals surface area contributed by atoms with Gasteiger partial charge in [-0.15, -0.1) is 0 Å². The van der Waals surface area contributed by atoms with E-state index in [9.17, 15) is 14.7 Å². The van der Waals surface area contributed by atoms with E-state index in [1.807, 2.05) is 36.4 Å². The molecule has 2 aliphatic heterocycles. The van der Waals surface area contributed by atoms with Crippen molar-refractivity contribution in [3.63, 3.8) is 0 Å². The van der Waals surface area contributed by atoms with Crippen LogP contribution in [0.2, 0.25) is 5.02 Å². The number of nitrogens with zero attached hydrogens (tertiary/aromatic N) is 2. The Labute approximate surface area is 192 Å². The Balaban J connectivity index is 1.62. The number of morpholine rings is 1. The summed E-state index contributed by atoms with van der Waals surface area (Å²) in [5.41, 5.74) is 1.62. The van der Waals surface area contributed by atoms with Crippen molar-refractivity contribution in [2.45, 2.75) is 6.04 Å². The molecule has 1 N–H and O–H groups in total. The molecule has 0 spiro atoms. The lowest BCUT2D eigenvalue weighted by Gasteiger charge is -2.31. The number of halogens is 1. The number of benzene rings is 2. The summed E-state index contributed by atoms with van der Waals surface area (Å²) in [4.78, 5) is 29.9. The zero-order chi connectivity index (χ0) is 22.5. The summed E-state index contributed by atoms with van der Waals surface area (Å²) >= 11 is 6.21. The lowest BCUT2D eigenvalue weighted by atomic mass is 9.95. The van der Waals surface area contributed by atoms with Crippen LogP contribution >= 0.6 is 11.6 Å². The molecule has 0 aromatic heterocycles. The van der Waals surface area contributed by atoms with Crippen LogP contribution in [0.15, 0.2) is 72.0 Å². The predicted octanol–water partition coefficient (Wildman–Crippen LogP) is 3.65. The molecule has 1 fully saturated rings. The third-order valence-corrected chi connectivity index (χ3v) is 5.96. The van der Waals surface area contributed by atoms with Crippen molar-refractivity contribution in [2.24, 2.45) is 0 Å². The molecule has 2 aliphatic rings. The molecule has 0 saturated carbocycles. The fourth-order valence-electron chi connectivity index (χ4n) is 4.06. The van der Waals surface area contributed by atoms with Crippen LogP contribution in [0.25, 0.3) is 6.08 Å². The summed E-state index contributed by atoms with van der Waals surface area (Å²) in [6, 6.07) is 15.8. The highest BCUT2D eigenvalue weighted by Gasteiger charge is 2.42. The Hall–Kier alpha value is -2.93. The number of carbonyl (C=O) groups is 2. The number of rotatable bonds is 7. The molecule has 166 valence electrons. The molecule has 0 radical (unpaired) electrons. The van der Waals surface area contributed by atoms with Crippen LogP contribution in [0, 0.1) is 0 Å². The van der Waals surface area contributed by atoms with Crippen molar-refractivity contribution in [3.05, 3.63) is 88.2 Å². The van der Waals surface area contributed by atoms with Crippen molar-refractivity contribution in [1.82, 2.24) is 9.80 Å². The number of aliphatic hydroxyl groups excluding tert-OH is 1. The minimum absolute atomic E-state index is 0.0754. The summed E-state index contributed by atoms with van der Waals surface area (Å²) in [6.45, 7) is 3.89. The second-order valence-corrected chi connectivity index (χ2v) is 8.22. The molecule has 4 rings (SSSR count). The molecule has 1 saturated heterocycles. The molecule has 2 aromatic rings. The average Bonchev–Trinajstić information content (AvgIpc) is 3.07. The molecule has 1 amide bonds. The Morgan fingerprint density at radius 3 is 2.56 bits per heavy atom. The molecular weight excluding hydrogens is 428 g/mol. The first-order chi connectivity index (χ1) is 15.5. The molecule has 7 heteroatoms. The smallest absolute Gasteiger partial charge is 0.290 e. The van der Waals surface area contributed by atoms with Gasteiger partial charge in [0.15, 0.2) is 11.5 Å². The van der Waals surface area contributed by atoms with Crippen LogP contribution in [0.5, 0.6) is 0 Å². The topological polar surface area (TPSA) is 70.1 Å². The van der Waals surface area contributed by atoms with Crippen molar-refractivity contribution in [2.75, 3.05) is 39.4 Å². The van der Waals surface area contributed by atoms with Gasteiger partial charge < -0.3 is 14.7 Å². The number of amides is 1. The second-order valence-electron chi connectivity index (χ2n) is 7.78. The van der Waals surface area contributed by atoms with Gasteiger partial charge >= 0.3 is 0 Å². The number of ether oxygens (including phenoxy) is 1. The van der Waals surface area contributed by atoms with E-state index in [1.165, 1.54) is 6.08 Å². The monoisotopic (exact) mass is 452 g/mol. The summed E-state index contributed by atoms with van der Waals surface area (Å²) in [7, 11) is 0. The number of hydrogen-bond acceptors (Lipinski definition) is 5. The third kappa shape index (κ3) is 4.93. The minimum Gasteiger partial charge on any atom is -0.503 e. The summed E-state index contributed by atoms with van der Waals surface area (Å²) in [6.07, 6.45) is 3.08. The third-order valence-electron chi connectivity index (χ3n) is 5.72. The number of allylic oxidation sites excluding steroid dienone is 1. The normalized spacial score (nSPS) is 19.8. The van der Waals surface area contributed by atoms with Gasteiger partial charge in [0.1, 0.15) is 0 Å². The Morgan fingerprint density at radius 2 is 1.84 bits per heavy atom. The number of hydrogen-bond donors (Lipinski definition) is 1. The Kier molecular flexibility index (Phi) is 7.05. The lowest BCUT2D eigenvalue weighted by molar-refractivity contribution is -0.129. The zero-order valence-corrected chi connectivity index (χ0v) is 18.4. The number of aliphatic hydroxyl groups is 1. The van der Waals surface area contributed by atoms with E-state index < -0.39 is 23.5 Å². The van der Waals surface area contributed by atoms with E-state index in [4.69, 9.17) is 16.3 Å². The molecule has 0 bridgehead atoms. The van der Waals surface area contributed by atoms with Crippen molar-refractivity contribution in [1.29, 1.82) is 0 Å². The highest BCUT2D eigenvalue weighted by Crippen LogP contribution is 2.38. The number of carbonyl (C=O) groups excluding carboxylic acids is 2. The van der Waals surface area contributed by atoms with Gasteiger partial charge in [0.2, 0.25) is 0 Å². The fourth-order valence-corrected chi connectivity index (χ4v) is 4.26. The van der Waals surface area contributed by atoms with E-state index in [1.54, 1.807) is 29.2 Å². The van der Waals surface area contributed by atoms with Crippen LogP contribution in [0.3, 0.4) is 0 Å². The first kappa shape index (κ1) is 22.3. The van der Waals surface area contributed by atoms with Crippen LogP contribution in [0.4, 0.5) is 0 Å². The molecule has 0 aliphatic carbocycles. The molecule has 1 atom stereocenters. The Morgan fingerprint density at radius 1 is 1.09 bits per heavy atom. The maximum absolute atomic E-state index is 13.2. The first-order valence-electron chi connectivity index (χ1n) is 10.6. The minimum atomic E-state index is -0.699. The van der Waals surface area contributed by atoms with Crippen molar-refractivity contribution in [3.8, 4) is 0 Å². The molecule has 2 aromatic carbocycles. The quantitative estimate of drug-likeness (QED) is 0.649. The van der Waals surface area contributed by atoms with Gasteiger partial charge in [-0.1, -0.05) is 60.1 Å². The van der Waals surface area contributed by atoms with Crippen molar-refractivity contribution < 1.29 is 19.4 Å². The summed E-state index contributed by atoms with van der Waals surface area (Å²) < 4.78 is 5.39. The lowest BCUT2D eigenvalue weighted by Crippen LogP contribution is -2.43. The predicted molar refractivity (Wildman–Crippen MR) is 123 cm³/mol. The summed E-state index contributed by atoms with van der Waals surface area (Å²) in [5.74, 6) is -1.45. The number of ketones is 1. The molecule has 2 heterocycles. The standard InChI is InChI=1S/C25H25ClN2O4/c26-20-8-4-7-19(17-20)23-22(21(29)10-9-18-5-2-1-3-6-18)24(30)25(31)28(23)12-11-27-13-15-32-16-14-27/h1-10,17,23,30H,11-16H2/b10-9+. The maximum Gasteiger partial charge on any atom is 0.290 e. The molecule has 32 heavy (non-hydrogen) atoms. The van der Waals surface area contributed by atoms with E-state index in [0.717, 1.165) is 18.7 Å². The molecular formula is C25H25ClN2O4. The van der Waals surface area contributed by atoms with Crippen LogP contribution < -0.4 is 0 Å². The zero-order valence-electron chi connectivity index (χ0n) is 17.6. The van der Waals surface area contributed by atoms with Crippen LogP contribution in [0.1, 0.15) is 17.2 Å². The second kappa shape index (κ2) is 10.1. The van der Waals surface area contributed by atoms with Gasteiger partial charge in [0.05, 0.1) is 24.8 Å². The maximum atomic E-state index is 13.2. The van der Waals surface area contributed by atoms with E-state index >= 15 is 0 Å². The summed E-state index contributed by atoms with van der Waals surface area (Å²) in [5, 5.41) is 11.2. The van der Waals surface area contributed by atoms with Gasteiger partial charge in [-0.05, 0) is 29.3 Å². The van der Waals surface area contributed by atoms with Crippen molar-refractivity contribution >= 4 is 29.4 Å². The largest absolute Gasteiger partial charge is 0.503 e. The van der Waals surface area contributed by atoms with E-state index in [-0.39, 0.29) is 5.57 Å².